The molecule has 1 aliphatic heterocycles. The molecule has 0 aromatic rings. The van der Waals surface area contributed by atoms with E-state index in [0.29, 0.717) is 85.8 Å². The number of rotatable bonds is 22. The fourth-order valence-electron chi connectivity index (χ4n) is 2.98. The normalized spacial score (nSPS) is 16.4. The predicted molar refractivity (Wildman–Crippen MR) is 114 cm³/mol. The second-order valence-electron chi connectivity index (χ2n) is 7.26. The lowest BCUT2D eigenvalue weighted by atomic mass is 9.91. The Kier molecular flexibility index (Phi) is 18.2. The topological polar surface area (TPSA) is 85.9 Å². The zero-order valence-electron chi connectivity index (χ0n) is 19.6. The number of hydrogen-bond acceptors (Lipinski definition) is 9. The number of methoxy groups -OCH3 is 1. The number of halogens is 3. The molecule has 0 radical (unpaired) electrons. The first-order chi connectivity index (χ1) is 16.0. The van der Waals surface area contributed by atoms with Gasteiger partial charge in [0.2, 0.25) is 0 Å². The van der Waals surface area contributed by atoms with Gasteiger partial charge in [0, 0.05) is 7.11 Å². The molecular weight excluding hydrogens is 451 g/mol. The molecular formula is C21H40F3NO8. The Morgan fingerprint density at radius 1 is 0.576 bits per heavy atom. The summed E-state index contributed by atoms with van der Waals surface area (Å²) >= 11 is 0. The molecule has 0 aliphatic carbocycles. The molecule has 9 nitrogen and oxygen atoms in total. The Bertz CT molecular complexity index is 440. The Labute approximate surface area is 194 Å². The maximum atomic E-state index is 13.3. The van der Waals surface area contributed by atoms with Crippen LogP contribution in [0.5, 0.6) is 0 Å². The monoisotopic (exact) mass is 491 g/mol. The van der Waals surface area contributed by atoms with Crippen molar-refractivity contribution in [2.45, 2.75) is 24.6 Å². The van der Waals surface area contributed by atoms with E-state index in [-0.39, 0.29) is 32.7 Å². The molecule has 0 amide bonds. The molecule has 0 aromatic heterocycles. The first kappa shape index (κ1) is 30.5. The minimum Gasteiger partial charge on any atom is -0.382 e. The van der Waals surface area contributed by atoms with Crippen LogP contribution in [0.15, 0.2) is 0 Å². The van der Waals surface area contributed by atoms with Crippen LogP contribution < -0.4 is 5.32 Å². The van der Waals surface area contributed by atoms with Gasteiger partial charge in [-0.2, -0.15) is 13.2 Å². The fourth-order valence-corrected chi connectivity index (χ4v) is 2.98. The van der Waals surface area contributed by atoms with E-state index < -0.39 is 11.8 Å². The van der Waals surface area contributed by atoms with Gasteiger partial charge in [-0.3, -0.25) is 0 Å². The molecule has 12 heteroatoms. The zero-order chi connectivity index (χ0) is 24.1. The Balaban J connectivity index is 1.79. The lowest BCUT2D eigenvalue weighted by Crippen LogP contribution is -2.54. The third-order valence-electron chi connectivity index (χ3n) is 4.83. The molecule has 1 heterocycles. The van der Waals surface area contributed by atoms with E-state index in [2.05, 4.69) is 5.32 Å². The molecule has 0 spiro atoms. The van der Waals surface area contributed by atoms with E-state index in [1.54, 1.807) is 7.11 Å². The van der Waals surface area contributed by atoms with E-state index in [9.17, 15) is 13.2 Å². The molecule has 0 atom stereocenters. The van der Waals surface area contributed by atoms with Crippen LogP contribution >= 0.6 is 0 Å². The highest BCUT2D eigenvalue weighted by Crippen LogP contribution is 2.40. The van der Waals surface area contributed by atoms with Crippen molar-refractivity contribution in [3.63, 3.8) is 0 Å². The maximum Gasteiger partial charge on any atom is 0.417 e. The van der Waals surface area contributed by atoms with Gasteiger partial charge >= 0.3 is 6.18 Å². The van der Waals surface area contributed by atoms with Crippen molar-refractivity contribution < 1.29 is 51.1 Å². The maximum absolute atomic E-state index is 13.3. The number of ether oxygens (including phenoxy) is 8. The van der Waals surface area contributed by atoms with E-state index in [1.807, 2.05) is 0 Å². The highest BCUT2D eigenvalue weighted by Gasteiger charge is 2.56. The third kappa shape index (κ3) is 15.1. The molecule has 0 unspecified atom stereocenters. The van der Waals surface area contributed by atoms with Crippen LogP contribution in [0.2, 0.25) is 0 Å². The summed E-state index contributed by atoms with van der Waals surface area (Å²) in [5.74, 6) is 0. The molecule has 1 saturated heterocycles. The van der Waals surface area contributed by atoms with Gasteiger partial charge in [0.1, 0.15) is 0 Å². The number of piperidine rings is 1. The summed E-state index contributed by atoms with van der Waals surface area (Å²) in [5, 5.41) is 2.92. The highest BCUT2D eigenvalue weighted by molar-refractivity contribution is 4.93. The van der Waals surface area contributed by atoms with Crippen molar-refractivity contribution in [2.24, 2.45) is 0 Å². The van der Waals surface area contributed by atoms with Gasteiger partial charge in [0.25, 0.3) is 0 Å². The Morgan fingerprint density at radius 3 is 1.24 bits per heavy atom. The van der Waals surface area contributed by atoms with Gasteiger partial charge in [0.15, 0.2) is 5.60 Å². The molecule has 33 heavy (non-hydrogen) atoms. The van der Waals surface area contributed by atoms with Crippen molar-refractivity contribution >= 4 is 0 Å². The largest absolute Gasteiger partial charge is 0.417 e. The summed E-state index contributed by atoms with van der Waals surface area (Å²) in [6.45, 7) is 6.09. The van der Waals surface area contributed by atoms with Crippen LogP contribution in [0.1, 0.15) is 12.8 Å². The summed E-state index contributed by atoms with van der Waals surface area (Å²) in [7, 11) is 1.63. The van der Waals surface area contributed by atoms with Gasteiger partial charge in [-0.05, 0) is 25.9 Å². The molecule has 1 N–H and O–H groups in total. The van der Waals surface area contributed by atoms with Crippen LogP contribution in [0.4, 0.5) is 13.2 Å². The lowest BCUT2D eigenvalue weighted by Gasteiger charge is -2.38. The second kappa shape index (κ2) is 19.7. The first-order valence-corrected chi connectivity index (χ1v) is 11.4. The van der Waals surface area contributed by atoms with Crippen molar-refractivity contribution in [1.82, 2.24) is 5.32 Å². The summed E-state index contributed by atoms with van der Waals surface area (Å²) in [6, 6.07) is 0. The summed E-state index contributed by atoms with van der Waals surface area (Å²) in [6.07, 6.45) is -4.54. The number of alkyl halides is 3. The van der Waals surface area contributed by atoms with Gasteiger partial charge in [0.05, 0.1) is 92.5 Å². The van der Waals surface area contributed by atoms with Crippen molar-refractivity contribution in [3.05, 3.63) is 0 Å². The van der Waals surface area contributed by atoms with E-state index >= 15 is 0 Å². The standard InChI is InChI=1S/C21H40F3NO8/c1-26-6-7-27-8-9-28-10-11-29-12-13-30-14-15-31-16-17-32-18-19-33-20(21(22,23)24)2-4-25-5-3-20/h25H,2-19H2,1H3. The van der Waals surface area contributed by atoms with Crippen LogP contribution in [0.3, 0.4) is 0 Å². The fraction of sp³-hybridized carbons (Fsp3) is 1.00. The molecule has 1 fully saturated rings. The van der Waals surface area contributed by atoms with Crippen LogP contribution in [-0.2, 0) is 37.9 Å². The second-order valence-corrected chi connectivity index (χ2v) is 7.26. The lowest BCUT2D eigenvalue weighted by molar-refractivity contribution is -0.287. The van der Waals surface area contributed by atoms with Gasteiger partial charge in [-0.1, -0.05) is 0 Å². The van der Waals surface area contributed by atoms with Gasteiger partial charge < -0.3 is 43.2 Å². The van der Waals surface area contributed by atoms with E-state index in [0.717, 1.165) is 0 Å². The molecule has 1 rings (SSSR count). The van der Waals surface area contributed by atoms with E-state index in [4.69, 9.17) is 37.9 Å². The summed E-state index contributed by atoms with van der Waals surface area (Å²) < 4.78 is 82.0. The molecule has 0 saturated carbocycles. The minimum atomic E-state index is -4.38. The average Bonchev–Trinajstić information content (AvgIpc) is 2.80. The molecule has 198 valence electrons. The molecule has 0 bridgehead atoms. The Morgan fingerprint density at radius 2 is 0.909 bits per heavy atom. The predicted octanol–water partition coefficient (Wildman–Crippen LogP) is 1.43. The summed E-state index contributed by atoms with van der Waals surface area (Å²) in [4.78, 5) is 0. The number of hydrogen-bond donors (Lipinski definition) is 1. The minimum absolute atomic E-state index is 0.0798. The Hall–Kier alpha value is -0.570. The summed E-state index contributed by atoms with van der Waals surface area (Å²) in [5.41, 5.74) is -2.06. The van der Waals surface area contributed by atoms with Gasteiger partial charge in [-0.15, -0.1) is 0 Å². The third-order valence-corrected chi connectivity index (χ3v) is 4.83. The van der Waals surface area contributed by atoms with Crippen LogP contribution in [0.25, 0.3) is 0 Å². The van der Waals surface area contributed by atoms with Crippen molar-refractivity contribution in [1.29, 1.82) is 0 Å². The van der Waals surface area contributed by atoms with Crippen molar-refractivity contribution in [3.8, 4) is 0 Å². The molecule has 0 aromatic carbocycles. The highest BCUT2D eigenvalue weighted by atomic mass is 19.4. The average molecular weight is 492 g/mol. The van der Waals surface area contributed by atoms with Gasteiger partial charge in [-0.25, -0.2) is 0 Å². The quantitative estimate of drug-likeness (QED) is 0.226. The van der Waals surface area contributed by atoms with Crippen LogP contribution in [0, 0.1) is 0 Å². The number of nitrogens with one attached hydrogen (secondary N) is 1. The first-order valence-electron chi connectivity index (χ1n) is 11.4. The van der Waals surface area contributed by atoms with Crippen LogP contribution in [-0.4, -0.2) is 124 Å². The van der Waals surface area contributed by atoms with E-state index in [1.165, 1.54) is 0 Å². The molecule has 1 aliphatic rings. The smallest absolute Gasteiger partial charge is 0.382 e. The SMILES string of the molecule is COCCOCCOCCOCCOCCOCCOCCOC1(C(F)(F)F)CCNCC1. The van der Waals surface area contributed by atoms with Crippen molar-refractivity contribution in [2.75, 3.05) is 113 Å². The zero-order valence-corrected chi connectivity index (χ0v) is 19.6.